The molecule has 4 rings (SSSR count). The highest BCUT2D eigenvalue weighted by molar-refractivity contribution is 7.74. The van der Waals surface area contributed by atoms with Crippen LogP contribution in [-0.2, 0) is 0 Å². The Kier molecular flexibility index (Phi) is 6.44. The summed E-state index contributed by atoms with van der Waals surface area (Å²) in [4.78, 5) is 9.31. The van der Waals surface area contributed by atoms with Crippen LogP contribution in [0, 0.1) is 0 Å². The van der Waals surface area contributed by atoms with E-state index in [9.17, 15) is 0 Å². The maximum Gasteiger partial charge on any atom is 0.0808 e. The second kappa shape index (κ2) is 9.58. The molecule has 144 valence electrons. The van der Waals surface area contributed by atoms with Crippen molar-refractivity contribution in [2.75, 3.05) is 0 Å². The number of aliphatic imine (C=N–C) groups is 1. The van der Waals surface area contributed by atoms with Crippen LogP contribution >= 0.6 is 7.92 Å². The van der Waals surface area contributed by atoms with Gasteiger partial charge in [-0.3, -0.25) is 9.98 Å². The summed E-state index contributed by atoms with van der Waals surface area (Å²) in [5.74, 6) is 0. The Bertz CT molecular complexity index is 955. The van der Waals surface area contributed by atoms with Crippen molar-refractivity contribution < 1.29 is 0 Å². The highest BCUT2D eigenvalue weighted by Gasteiger charge is 2.30. The van der Waals surface area contributed by atoms with E-state index >= 15 is 0 Å². The number of aromatic nitrogens is 1. The maximum absolute atomic E-state index is 4.93. The van der Waals surface area contributed by atoms with Gasteiger partial charge in [0.1, 0.15) is 0 Å². The lowest BCUT2D eigenvalue weighted by Crippen LogP contribution is -2.25. The molecule has 1 aromatic heterocycles. The van der Waals surface area contributed by atoms with E-state index in [0.717, 1.165) is 12.1 Å². The molecule has 29 heavy (non-hydrogen) atoms. The van der Waals surface area contributed by atoms with E-state index in [2.05, 4.69) is 90.8 Å². The monoisotopic (exact) mass is 396 g/mol. The minimum Gasteiger partial charge on any atom is -0.283 e. The molecule has 3 heteroatoms. The average Bonchev–Trinajstić information content (AvgIpc) is 3.26. The van der Waals surface area contributed by atoms with Gasteiger partial charge < -0.3 is 0 Å². The van der Waals surface area contributed by atoms with Crippen molar-refractivity contribution in [2.45, 2.75) is 25.0 Å². The van der Waals surface area contributed by atoms with Crippen LogP contribution in [0.5, 0.6) is 0 Å². The Morgan fingerprint density at radius 2 is 1.59 bits per heavy atom. The Morgan fingerprint density at radius 1 is 0.931 bits per heavy atom. The summed E-state index contributed by atoms with van der Waals surface area (Å²) in [6, 6.07) is 27.9. The first kappa shape index (κ1) is 19.5. The highest BCUT2D eigenvalue weighted by Crippen LogP contribution is 2.47. The summed E-state index contributed by atoms with van der Waals surface area (Å²) in [6.45, 7) is 2.21. The van der Waals surface area contributed by atoms with Crippen LogP contribution in [0.4, 0.5) is 0 Å². The lowest BCUT2D eigenvalue weighted by molar-refractivity contribution is 0.736. The molecule has 0 radical (unpaired) electrons. The number of benzene rings is 2. The van der Waals surface area contributed by atoms with Crippen LogP contribution in [-0.4, -0.2) is 22.9 Å². The van der Waals surface area contributed by atoms with Crippen LogP contribution in [0.15, 0.2) is 114 Å². The van der Waals surface area contributed by atoms with Crippen molar-refractivity contribution in [1.29, 1.82) is 0 Å². The first-order valence-electron chi connectivity index (χ1n) is 10.1. The molecule has 0 N–H and O–H groups in total. The van der Waals surface area contributed by atoms with Gasteiger partial charge >= 0.3 is 0 Å². The molecule has 2 atom stereocenters. The van der Waals surface area contributed by atoms with Gasteiger partial charge in [0.15, 0.2) is 0 Å². The van der Waals surface area contributed by atoms with E-state index in [4.69, 9.17) is 4.99 Å². The van der Waals surface area contributed by atoms with E-state index in [1.807, 2.05) is 30.6 Å². The smallest absolute Gasteiger partial charge is 0.0808 e. The van der Waals surface area contributed by atoms with Gasteiger partial charge in [-0.15, -0.1) is 0 Å². The first-order valence-corrected chi connectivity index (χ1v) is 11.5. The second-order valence-corrected chi connectivity index (χ2v) is 9.32. The molecule has 0 fully saturated rings. The average molecular weight is 396 g/mol. The summed E-state index contributed by atoms with van der Waals surface area (Å²) in [5, 5.41) is 2.81. The van der Waals surface area contributed by atoms with Crippen LogP contribution in [0.3, 0.4) is 0 Å². The van der Waals surface area contributed by atoms with Gasteiger partial charge in [0, 0.05) is 18.1 Å². The third-order valence-corrected chi connectivity index (χ3v) is 7.85. The molecular formula is C26H25N2P. The molecule has 1 unspecified atom stereocenters. The predicted molar refractivity (Wildman–Crippen MR) is 126 cm³/mol. The molecule has 0 bridgehead atoms. The van der Waals surface area contributed by atoms with E-state index in [0.29, 0.717) is 5.66 Å². The van der Waals surface area contributed by atoms with Crippen molar-refractivity contribution >= 4 is 24.7 Å². The highest BCUT2D eigenvalue weighted by atomic mass is 31.1. The minimum atomic E-state index is -0.539. The molecule has 1 aliphatic carbocycles. The molecule has 0 saturated carbocycles. The molecule has 0 saturated heterocycles. The Morgan fingerprint density at radius 3 is 2.17 bits per heavy atom. The number of rotatable bonds is 7. The number of allylic oxidation sites excluding steroid dienone is 3. The van der Waals surface area contributed by atoms with Gasteiger partial charge in [0.05, 0.1) is 11.7 Å². The summed E-state index contributed by atoms with van der Waals surface area (Å²) in [7, 11) is -0.539. The Hall–Kier alpha value is -2.83. The number of nitrogens with zero attached hydrogens (tertiary/aromatic N) is 2. The third-order valence-electron chi connectivity index (χ3n) is 5.12. The molecule has 2 nitrogen and oxygen atoms in total. The fourth-order valence-electron chi connectivity index (χ4n) is 3.72. The number of hydrogen-bond acceptors (Lipinski definition) is 2. The fourth-order valence-corrected chi connectivity index (χ4v) is 6.47. The molecule has 1 heterocycles. The van der Waals surface area contributed by atoms with Crippen LogP contribution in [0.25, 0.3) is 0 Å². The normalized spacial score (nSPS) is 17.0. The number of hydrogen-bond donors (Lipinski definition) is 0. The minimum absolute atomic E-state index is 0.162. The molecule has 0 amide bonds. The van der Waals surface area contributed by atoms with Gasteiger partial charge in [-0.05, 0) is 42.7 Å². The van der Waals surface area contributed by atoms with Crippen molar-refractivity contribution in [3.05, 3.63) is 115 Å². The zero-order chi connectivity index (χ0) is 19.9. The van der Waals surface area contributed by atoms with Crippen molar-refractivity contribution in [2.24, 2.45) is 4.99 Å². The number of pyridine rings is 1. The lowest BCUT2D eigenvalue weighted by atomic mass is 10.0. The third kappa shape index (κ3) is 4.60. The van der Waals surface area contributed by atoms with Gasteiger partial charge in [-0.2, -0.15) is 0 Å². The van der Waals surface area contributed by atoms with E-state index < -0.39 is 7.92 Å². The van der Waals surface area contributed by atoms with Gasteiger partial charge in [-0.25, -0.2) is 0 Å². The zero-order valence-electron chi connectivity index (χ0n) is 16.6. The molecule has 0 aliphatic heterocycles. The standard InChI is InChI=1S/C26H25N2P/c1-2-25(28-20-21-12-9-10-19-27-21)24-17-11-18-26(24)29(22-13-5-3-6-14-22)23-15-7-4-8-16-23/h3-20,25-26H,2H2,1H3/t25-,26?/m1/s1. The summed E-state index contributed by atoms with van der Waals surface area (Å²) >= 11 is 0. The van der Waals surface area contributed by atoms with Crippen LogP contribution < -0.4 is 10.6 Å². The lowest BCUT2D eigenvalue weighted by Gasteiger charge is -2.29. The molecule has 1 aliphatic rings. The van der Waals surface area contributed by atoms with Gasteiger partial charge in [0.2, 0.25) is 0 Å². The SMILES string of the molecule is CC[C@@H](N=Cc1ccccn1)C1=CC=CC1P(c1ccccc1)c1ccccc1. The largest absolute Gasteiger partial charge is 0.283 e. The zero-order valence-corrected chi connectivity index (χ0v) is 17.5. The molecule has 2 aromatic carbocycles. The van der Waals surface area contributed by atoms with Crippen LogP contribution in [0.1, 0.15) is 19.0 Å². The predicted octanol–water partition coefficient (Wildman–Crippen LogP) is 5.28. The van der Waals surface area contributed by atoms with Crippen LogP contribution in [0.2, 0.25) is 0 Å². The summed E-state index contributed by atoms with van der Waals surface area (Å²) in [5.41, 5.74) is 2.67. The van der Waals surface area contributed by atoms with E-state index in [1.54, 1.807) is 0 Å². The fraction of sp³-hybridized carbons (Fsp3) is 0.154. The second-order valence-electron chi connectivity index (χ2n) is 6.99. The van der Waals surface area contributed by atoms with Gasteiger partial charge in [0.25, 0.3) is 0 Å². The molecule has 3 aromatic rings. The van der Waals surface area contributed by atoms with Gasteiger partial charge in [-0.1, -0.05) is 91.9 Å². The summed E-state index contributed by atoms with van der Waals surface area (Å²) in [6.07, 6.45) is 11.5. The summed E-state index contributed by atoms with van der Waals surface area (Å²) < 4.78 is 0. The molecular weight excluding hydrogens is 371 g/mol. The quantitative estimate of drug-likeness (QED) is 0.394. The van der Waals surface area contributed by atoms with Crippen molar-refractivity contribution in [3.8, 4) is 0 Å². The Labute approximate surface area is 174 Å². The molecule has 0 spiro atoms. The first-order chi connectivity index (χ1) is 14.4. The Balaban J connectivity index is 1.67. The van der Waals surface area contributed by atoms with Crippen molar-refractivity contribution in [1.82, 2.24) is 4.98 Å². The topological polar surface area (TPSA) is 25.2 Å². The van der Waals surface area contributed by atoms with Crippen molar-refractivity contribution in [3.63, 3.8) is 0 Å². The van der Waals surface area contributed by atoms with E-state index in [1.165, 1.54) is 16.2 Å². The maximum atomic E-state index is 4.93. The van der Waals surface area contributed by atoms with E-state index in [-0.39, 0.29) is 6.04 Å².